The summed E-state index contributed by atoms with van der Waals surface area (Å²) < 4.78 is 66.0. The highest BCUT2D eigenvalue weighted by Crippen LogP contribution is 2.56. The Bertz CT molecular complexity index is 942. The second-order valence-corrected chi connectivity index (χ2v) is 11.6. The monoisotopic (exact) mass is 456 g/mol. The summed E-state index contributed by atoms with van der Waals surface area (Å²) in [6.07, 6.45) is 1.30. The topological polar surface area (TPSA) is 57.7 Å². The zero-order valence-electron chi connectivity index (χ0n) is 17.2. The van der Waals surface area contributed by atoms with Crippen LogP contribution in [0, 0.1) is 29.6 Å². The van der Waals surface area contributed by atoms with Crippen molar-refractivity contribution in [1.29, 1.82) is 0 Å². The van der Waals surface area contributed by atoms with E-state index in [0.717, 1.165) is 49.7 Å². The van der Waals surface area contributed by atoms with E-state index in [1.54, 1.807) is 4.90 Å². The molecule has 31 heavy (non-hydrogen) atoms. The molecule has 6 rings (SSSR count). The number of nitrogens with zero attached hydrogens (tertiary/aromatic N) is 2. The molecule has 170 valence electrons. The predicted octanol–water partition coefficient (Wildman–Crippen LogP) is 3.61. The summed E-state index contributed by atoms with van der Waals surface area (Å²) in [7, 11) is -4.04. The number of alkyl halides is 3. The van der Waals surface area contributed by atoms with Crippen molar-refractivity contribution >= 4 is 15.9 Å². The Morgan fingerprint density at radius 2 is 1.48 bits per heavy atom. The Hall–Kier alpha value is -1.61. The van der Waals surface area contributed by atoms with E-state index in [-0.39, 0.29) is 29.8 Å². The van der Waals surface area contributed by atoms with Gasteiger partial charge in [-0.3, -0.25) is 4.79 Å². The van der Waals surface area contributed by atoms with Crippen LogP contribution in [0.2, 0.25) is 0 Å². The summed E-state index contributed by atoms with van der Waals surface area (Å²) in [4.78, 5) is 14.7. The maximum atomic E-state index is 13.3. The van der Waals surface area contributed by atoms with Crippen molar-refractivity contribution in [1.82, 2.24) is 9.21 Å². The van der Waals surface area contributed by atoms with Gasteiger partial charge >= 0.3 is 6.18 Å². The van der Waals surface area contributed by atoms with Gasteiger partial charge in [-0.25, -0.2) is 8.42 Å². The van der Waals surface area contributed by atoms with Crippen molar-refractivity contribution in [3.05, 3.63) is 29.8 Å². The van der Waals surface area contributed by atoms with Gasteiger partial charge in [0.15, 0.2) is 0 Å². The van der Waals surface area contributed by atoms with Crippen LogP contribution in [-0.2, 0) is 21.0 Å². The molecule has 4 bridgehead atoms. The summed E-state index contributed by atoms with van der Waals surface area (Å²) in [6.45, 7) is 0.800. The van der Waals surface area contributed by atoms with Crippen molar-refractivity contribution in [3.8, 4) is 0 Å². The van der Waals surface area contributed by atoms with E-state index in [1.807, 2.05) is 0 Å². The lowest BCUT2D eigenvalue weighted by molar-refractivity contribution is -0.150. The minimum absolute atomic E-state index is 0.0689. The van der Waals surface area contributed by atoms with Gasteiger partial charge in [0.05, 0.1) is 10.5 Å². The third kappa shape index (κ3) is 3.77. The van der Waals surface area contributed by atoms with Crippen LogP contribution in [-0.4, -0.2) is 49.7 Å². The van der Waals surface area contributed by atoms with Crippen LogP contribution in [0.5, 0.6) is 0 Å². The van der Waals surface area contributed by atoms with Crippen molar-refractivity contribution in [2.24, 2.45) is 29.6 Å². The maximum Gasteiger partial charge on any atom is 0.416 e. The molecule has 4 aliphatic carbocycles. The zero-order valence-corrected chi connectivity index (χ0v) is 18.0. The first-order chi connectivity index (χ1) is 14.6. The smallest absolute Gasteiger partial charge is 0.340 e. The summed E-state index contributed by atoms with van der Waals surface area (Å²) in [5.74, 6) is 2.72. The third-order valence-corrected chi connectivity index (χ3v) is 9.76. The number of benzene rings is 1. The van der Waals surface area contributed by atoms with Crippen LogP contribution in [0.1, 0.15) is 37.7 Å². The first kappa shape index (κ1) is 21.2. The van der Waals surface area contributed by atoms with Crippen LogP contribution in [0.4, 0.5) is 13.2 Å². The number of carbonyl (C=O) groups is 1. The normalized spacial score (nSPS) is 33.6. The van der Waals surface area contributed by atoms with Crippen LogP contribution in [0.15, 0.2) is 29.2 Å². The third-order valence-electron chi connectivity index (χ3n) is 7.86. The number of hydrogen-bond acceptors (Lipinski definition) is 3. The second-order valence-electron chi connectivity index (χ2n) is 9.71. The van der Waals surface area contributed by atoms with Gasteiger partial charge in [0.1, 0.15) is 0 Å². The van der Waals surface area contributed by atoms with Gasteiger partial charge in [-0.1, -0.05) is 6.07 Å². The molecule has 0 N–H and O–H groups in total. The lowest BCUT2D eigenvalue weighted by Gasteiger charge is -2.54. The fraction of sp³-hybridized carbons (Fsp3) is 0.682. The molecule has 1 saturated heterocycles. The lowest BCUT2D eigenvalue weighted by Crippen LogP contribution is -2.56. The van der Waals surface area contributed by atoms with Crippen LogP contribution >= 0.6 is 0 Å². The highest BCUT2D eigenvalue weighted by atomic mass is 32.2. The molecule has 1 heterocycles. The van der Waals surface area contributed by atoms with E-state index in [2.05, 4.69) is 0 Å². The molecule has 1 aromatic rings. The first-order valence-electron chi connectivity index (χ1n) is 11.1. The van der Waals surface area contributed by atoms with E-state index >= 15 is 0 Å². The van der Waals surface area contributed by atoms with Crippen LogP contribution in [0.25, 0.3) is 0 Å². The minimum Gasteiger partial charge on any atom is -0.340 e. The van der Waals surface area contributed by atoms with Gasteiger partial charge in [-0.05, 0) is 74.0 Å². The average Bonchev–Trinajstić information content (AvgIpc) is 2.72. The number of amides is 1. The fourth-order valence-electron chi connectivity index (χ4n) is 6.67. The predicted molar refractivity (Wildman–Crippen MR) is 107 cm³/mol. The fourth-order valence-corrected chi connectivity index (χ4v) is 8.14. The summed E-state index contributed by atoms with van der Waals surface area (Å²) >= 11 is 0. The van der Waals surface area contributed by atoms with Gasteiger partial charge in [0.25, 0.3) is 0 Å². The molecule has 9 heteroatoms. The number of sulfonamides is 1. The molecule has 4 saturated carbocycles. The number of carbonyl (C=O) groups excluding carboxylic acids is 1. The molecular weight excluding hydrogens is 429 g/mol. The Morgan fingerprint density at radius 3 is 2.03 bits per heavy atom. The largest absolute Gasteiger partial charge is 0.416 e. The summed E-state index contributed by atoms with van der Waals surface area (Å²) in [5, 5.41) is 0. The van der Waals surface area contributed by atoms with Crippen molar-refractivity contribution in [3.63, 3.8) is 0 Å². The zero-order chi connectivity index (χ0) is 22.0. The molecule has 1 aromatic carbocycles. The van der Waals surface area contributed by atoms with E-state index in [1.165, 1.54) is 16.8 Å². The molecule has 5 aliphatic rings. The molecule has 1 aliphatic heterocycles. The quantitative estimate of drug-likeness (QED) is 0.698. The number of rotatable bonds is 3. The Balaban J connectivity index is 1.26. The molecule has 0 aromatic heterocycles. The number of halogens is 3. The molecule has 0 radical (unpaired) electrons. The van der Waals surface area contributed by atoms with E-state index in [4.69, 9.17) is 0 Å². The summed E-state index contributed by atoms with van der Waals surface area (Å²) in [6, 6.07) is 3.85. The highest BCUT2D eigenvalue weighted by molar-refractivity contribution is 7.89. The molecule has 0 unspecified atom stereocenters. The first-order valence-corrected chi connectivity index (χ1v) is 12.5. The minimum atomic E-state index is -4.60. The summed E-state index contributed by atoms with van der Waals surface area (Å²) in [5.41, 5.74) is -0.982. The van der Waals surface area contributed by atoms with E-state index in [0.29, 0.717) is 31.0 Å². The SMILES string of the molecule is O=C(C1C2CC3CC(C2)CC1C3)N1CCN(S(=O)(=O)c2cccc(C(F)(F)F)c2)CC1. The number of piperazine rings is 1. The van der Waals surface area contributed by atoms with Crippen molar-refractivity contribution in [2.75, 3.05) is 26.2 Å². The number of hydrogen-bond donors (Lipinski definition) is 0. The Morgan fingerprint density at radius 1 is 0.903 bits per heavy atom. The highest BCUT2D eigenvalue weighted by Gasteiger charge is 2.51. The molecule has 0 spiro atoms. The van der Waals surface area contributed by atoms with Crippen LogP contribution < -0.4 is 0 Å². The van der Waals surface area contributed by atoms with Gasteiger partial charge in [0.2, 0.25) is 15.9 Å². The van der Waals surface area contributed by atoms with E-state index in [9.17, 15) is 26.4 Å². The molecular formula is C22H27F3N2O3S. The molecule has 0 atom stereocenters. The van der Waals surface area contributed by atoms with E-state index < -0.39 is 21.8 Å². The van der Waals surface area contributed by atoms with Gasteiger partial charge < -0.3 is 4.90 Å². The standard InChI is InChI=1S/C22H27F3N2O3S/c23-22(24,25)18-2-1-3-19(13-18)31(29,30)27-6-4-26(5-7-27)21(28)20-16-9-14-8-15(11-16)12-17(20)10-14/h1-3,13-17,20H,4-12H2. The Kier molecular flexibility index (Phi) is 5.12. The molecule has 5 fully saturated rings. The van der Waals surface area contributed by atoms with Gasteiger partial charge in [-0.15, -0.1) is 0 Å². The van der Waals surface area contributed by atoms with Crippen molar-refractivity contribution in [2.45, 2.75) is 43.2 Å². The van der Waals surface area contributed by atoms with Crippen molar-refractivity contribution < 1.29 is 26.4 Å². The van der Waals surface area contributed by atoms with Gasteiger partial charge in [-0.2, -0.15) is 17.5 Å². The molecule has 1 amide bonds. The average molecular weight is 457 g/mol. The lowest BCUT2D eigenvalue weighted by atomic mass is 9.51. The Labute approximate surface area is 180 Å². The van der Waals surface area contributed by atoms with Gasteiger partial charge in [0, 0.05) is 32.1 Å². The molecule has 5 nitrogen and oxygen atoms in total. The second kappa shape index (κ2) is 7.47. The van der Waals surface area contributed by atoms with Crippen LogP contribution in [0.3, 0.4) is 0 Å². The maximum absolute atomic E-state index is 13.3.